The van der Waals surface area contributed by atoms with E-state index in [4.69, 9.17) is 14.6 Å². The molecule has 1 aliphatic rings. The lowest BCUT2D eigenvalue weighted by atomic mass is 10.1. The summed E-state index contributed by atoms with van der Waals surface area (Å²) in [6.07, 6.45) is 0.538. The average Bonchev–Trinajstić information content (AvgIpc) is 3.33. The van der Waals surface area contributed by atoms with Gasteiger partial charge in [0.05, 0.1) is 0 Å². The Bertz CT molecular complexity index is 1590. The second-order valence-electron chi connectivity index (χ2n) is 11.9. The topological polar surface area (TPSA) is 147 Å². The second kappa shape index (κ2) is 12.4. The fourth-order valence-corrected chi connectivity index (χ4v) is 5.26. The third-order valence-electron chi connectivity index (χ3n) is 6.10. The number of aromatic nitrogens is 3. The number of alkyl carbamates (subject to hydrolysis) is 1. The molecule has 4 rings (SSSR count). The average molecular weight is 612 g/mol. The minimum atomic E-state index is -0.695. The molecule has 1 aromatic carbocycles. The fraction of sp³-hybridized carbons (Fsp3) is 0.448. The predicted octanol–water partition coefficient (Wildman–Crippen LogP) is 3.98. The van der Waals surface area contributed by atoms with Gasteiger partial charge >= 0.3 is 12.2 Å². The highest BCUT2D eigenvalue weighted by atomic mass is 32.1. The van der Waals surface area contributed by atoms with Crippen LogP contribution >= 0.6 is 11.3 Å². The lowest BCUT2D eigenvalue weighted by Gasteiger charge is -2.36. The summed E-state index contributed by atoms with van der Waals surface area (Å²) >= 11 is 1.23. The summed E-state index contributed by atoms with van der Waals surface area (Å²) in [6.45, 7) is 16.1. The quantitative estimate of drug-likeness (QED) is 0.422. The molecular weight excluding hydrogens is 574 g/mol. The zero-order valence-corrected chi connectivity index (χ0v) is 26.0. The van der Waals surface area contributed by atoms with Crippen LogP contribution in [0, 0.1) is 0 Å². The summed E-state index contributed by atoms with van der Waals surface area (Å²) in [5.74, 6) is 0.120. The number of carbonyl (C=O) groups excluding carboxylic acids is 3. The van der Waals surface area contributed by atoms with Crippen LogP contribution in [0.15, 0.2) is 35.6 Å². The van der Waals surface area contributed by atoms with Crippen molar-refractivity contribution in [3.8, 4) is 10.6 Å². The Balaban J connectivity index is 1.54. The maximum atomic E-state index is 12.6. The van der Waals surface area contributed by atoms with Crippen molar-refractivity contribution in [2.75, 3.05) is 42.9 Å². The minimum Gasteiger partial charge on any atom is -0.444 e. The van der Waals surface area contributed by atoms with Gasteiger partial charge in [0.2, 0.25) is 10.9 Å². The van der Waals surface area contributed by atoms with Crippen LogP contribution in [-0.2, 0) is 14.3 Å². The van der Waals surface area contributed by atoms with Crippen LogP contribution in [0.5, 0.6) is 0 Å². The molecule has 2 N–H and O–H groups in total. The first-order chi connectivity index (χ1) is 20.1. The van der Waals surface area contributed by atoms with E-state index >= 15 is 0 Å². The van der Waals surface area contributed by atoms with E-state index in [1.165, 1.54) is 17.4 Å². The summed E-state index contributed by atoms with van der Waals surface area (Å²) in [4.78, 5) is 57.8. The highest BCUT2D eigenvalue weighted by Gasteiger charge is 2.28. The summed E-state index contributed by atoms with van der Waals surface area (Å²) in [5.41, 5.74) is 0.0953. The van der Waals surface area contributed by atoms with Gasteiger partial charge in [-0.15, -0.1) is 0 Å². The van der Waals surface area contributed by atoms with Crippen molar-refractivity contribution in [3.05, 3.63) is 46.8 Å². The molecule has 3 aromatic rings. The van der Waals surface area contributed by atoms with Gasteiger partial charge in [0, 0.05) is 49.1 Å². The molecule has 0 radical (unpaired) electrons. The first-order valence-corrected chi connectivity index (χ1v) is 14.6. The lowest BCUT2D eigenvalue weighted by molar-refractivity contribution is -0.115. The Morgan fingerprint density at radius 2 is 1.72 bits per heavy atom. The molecule has 1 fully saturated rings. The summed E-state index contributed by atoms with van der Waals surface area (Å²) in [6, 6.07) is 6.75. The highest BCUT2D eigenvalue weighted by molar-refractivity contribution is 7.19. The van der Waals surface area contributed by atoms with Crippen LogP contribution < -0.4 is 21.1 Å². The van der Waals surface area contributed by atoms with Crippen molar-refractivity contribution in [3.63, 3.8) is 0 Å². The smallest absolute Gasteiger partial charge is 0.410 e. The number of piperazine rings is 1. The molecule has 0 saturated carbocycles. The van der Waals surface area contributed by atoms with Gasteiger partial charge in [-0.05, 0) is 47.6 Å². The van der Waals surface area contributed by atoms with Crippen molar-refractivity contribution in [2.45, 2.75) is 52.7 Å². The number of rotatable bonds is 6. The molecule has 1 saturated heterocycles. The zero-order valence-electron chi connectivity index (χ0n) is 25.2. The van der Waals surface area contributed by atoms with Gasteiger partial charge in [-0.2, -0.15) is 14.6 Å². The molecule has 3 amide bonds. The van der Waals surface area contributed by atoms with Gasteiger partial charge in [-0.3, -0.25) is 9.59 Å². The number of benzene rings is 1. The minimum absolute atomic E-state index is 0.284. The number of anilines is 2. The standard InChI is InChI=1S/C29H37N7O6S/c1-8-18-19(10-9-11-20(18)31-22(38)17-30-26(39)41-28(2,3)4)24-33-36-23(16-21(37)32-25(36)43-24)34-12-14-35(15-13-34)27(40)42-29(5,6)7/h8-11,16H,1,12-15,17H2,2-7H3,(H,30,39)(H,31,38). The third-order valence-corrected chi connectivity index (χ3v) is 7.04. The molecule has 0 aliphatic carbocycles. The van der Waals surface area contributed by atoms with Gasteiger partial charge in [-0.25, -0.2) is 9.59 Å². The Kier molecular flexibility index (Phi) is 9.09. The van der Waals surface area contributed by atoms with E-state index in [0.717, 1.165) is 0 Å². The summed E-state index contributed by atoms with van der Waals surface area (Å²) in [5, 5.41) is 10.6. The number of carbonyl (C=O) groups is 3. The molecule has 0 atom stereocenters. The molecule has 1 aliphatic heterocycles. The SMILES string of the molecule is C=Cc1c(NC(=O)CNC(=O)OC(C)(C)C)cccc1-c1nn2c(N3CCN(C(=O)OC(C)(C)C)CC3)cc(=O)nc2s1. The Morgan fingerprint density at radius 1 is 1.05 bits per heavy atom. The van der Waals surface area contributed by atoms with E-state index in [-0.39, 0.29) is 12.6 Å². The second-order valence-corrected chi connectivity index (χ2v) is 12.8. The van der Waals surface area contributed by atoms with E-state index in [0.29, 0.717) is 58.8 Å². The number of nitrogens with one attached hydrogen (secondary N) is 2. The number of fused-ring (bicyclic) bond motifs is 1. The van der Waals surface area contributed by atoms with Gasteiger partial charge < -0.3 is 29.9 Å². The van der Waals surface area contributed by atoms with Crippen molar-refractivity contribution in [1.29, 1.82) is 0 Å². The fourth-order valence-electron chi connectivity index (χ4n) is 4.32. The highest BCUT2D eigenvalue weighted by Crippen LogP contribution is 2.34. The van der Waals surface area contributed by atoms with Gasteiger partial charge in [0.15, 0.2) is 0 Å². The monoisotopic (exact) mass is 611 g/mol. The van der Waals surface area contributed by atoms with Crippen molar-refractivity contribution >= 4 is 52.0 Å². The summed E-state index contributed by atoms with van der Waals surface area (Å²) in [7, 11) is 0. The molecule has 14 heteroatoms. The molecule has 230 valence electrons. The maximum Gasteiger partial charge on any atom is 0.410 e. The van der Waals surface area contributed by atoms with Crippen molar-refractivity contribution in [2.24, 2.45) is 0 Å². The van der Waals surface area contributed by atoms with Crippen LogP contribution in [0.2, 0.25) is 0 Å². The van der Waals surface area contributed by atoms with E-state index in [9.17, 15) is 19.2 Å². The van der Waals surface area contributed by atoms with Crippen molar-refractivity contribution < 1.29 is 23.9 Å². The zero-order chi connectivity index (χ0) is 31.5. The maximum absolute atomic E-state index is 12.6. The van der Waals surface area contributed by atoms with Crippen LogP contribution in [0.3, 0.4) is 0 Å². The first kappa shape index (κ1) is 31.5. The largest absolute Gasteiger partial charge is 0.444 e. The lowest BCUT2D eigenvalue weighted by Crippen LogP contribution is -2.50. The predicted molar refractivity (Wildman–Crippen MR) is 166 cm³/mol. The molecule has 43 heavy (non-hydrogen) atoms. The number of nitrogens with zero attached hydrogens (tertiary/aromatic N) is 5. The van der Waals surface area contributed by atoms with Crippen LogP contribution in [0.1, 0.15) is 47.1 Å². The number of hydrogen-bond acceptors (Lipinski definition) is 10. The number of ether oxygens (including phenoxy) is 2. The van der Waals surface area contributed by atoms with Gasteiger partial charge in [0.1, 0.15) is 28.6 Å². The Labute approximate surface area is 253 Å². The van der Waals surface area contributed by atoms with E-state index in [1.54, 1.807) is 48.4 Å². The van der Waals surface area contributed by atoms with Gasteiger partial charge in [0.25, 0.3) is 5.56 Å². The number of hydrogen-bond donors (Lipinski definition) is 2. The Morgan fingerprint density at radius 3 is 2.35 bits per heavy atom. The molecule has 3 heterocycles. The van der Waals surface area contributed by atoms with E-state index in [1.807, 2.05) is 31.7 Å². The van der Waals surface area contributed by atoms with Crippen molar-refractivity contribution in [1.82, 2.24) is 24.8 Å². The molecule has 13 nitrogen and oxygen atoms in total. The third kappa shape index (κ3) is 8.09. The molecule has 0 spiro atoms. The van der Waals surface area contributed by atoms with Crippen LogP contribution in [0.4, 0.5) is 21.1 Å². The molecular formula is C29H37N7O6S. The van der Waals surface area contributed by atoms with E-state index < -0.39 is 28.8 Å². The van der Waals surface area contributed by atoms with Crippen LogP contribution in [0.25, 0.3) is 21.6 Å². The molecule has 2 aromatic heterocycles. The first-order valence-electron chi connectivity index (χ1n) is 13.8. The van der Waals surface area contributed by atoms with Gasteiger partial charge in [-0.1, -0.05) is 36.1 Å². The normalized spacial score (nSPS) is 13.9. The Hall–Kier alpha value is -4.46. The molecule has 0 bridgehead atoms. The number of amides is 3. The molecule has 0 unspecified atom stereocenters. The summed E-state index contributed by atoms with van der Waals surface area (Å²) < 4.78 is 12.3. The van der Waals surface area contributed by atoms with E-state index in [2.05, 4.69) is 22.2 Å². The van der Waals surface area contributed by atoms with Crippen LogP contribution in [-0.4, -0.2) is 81.5 Å².